The number of benzene rings is 1. The first kappa shape index (κ1) is 22.7. The molecule has 2 heterocycles. The summed E-state index contributed by atoms with van der Waals surface area (Å²) in [7, 11) is -3.46. The third-order valence-electron chi connectivity index (χ3n) is 4.68. The van der Waals surface area contributed by atoms with Gasteiger partial charge in [-0.15, -0.1) is 0 Å². The zero-order valence-electron chi connectivity index (χ0n) is 16.9. The molecule has 0 bridgehead atoms. The van der Waals surface area contributed by atoms with Crippen molar-refractivity contribution in [3.63, 3.8) is 0 Å². The Bertz CT molecular complexity index is 1030. The van der Waals surface area contributed by atoms with Crippen molar-refractivity contribution in [3.8, 4) is 5.75 Å². The molecule has 0 N–H and O–H groups in total. The van der Waals surface area contributed by atoms with Gasteiger partial charge in [-0.05, 0) is 32.0 Å². The van der Waals surface area contributed by atoms with Gasteiger partial charge in [0.2, 0.25) is 0 Å². The fourth-order valence-electron chi connectivity index (χ4n) is 3.27. The van der Waals surface area contributed by atoms with Gasteiger partial charge in [-0.1, -0.05) is 23.2 Å². The first-order chi connectivity index (χ1) is 14.1. The number of rotatable bonds is 5. The van der Waals surface area contributed by atoms with Crippen molar-refractivity contribution in [1.29, 1.82) is 0 Å². The molecule has 1 fully saturated rings. The third-order valence-corrected chi connectivity index (χ3v) is 6.35. The molecule has 3 rings (SSSR count). The second-order valence-electron chi connectivity index (χ2n) is 7.33. The molecule has 0 spiro atoms. The minimum absolute atomic E-state index is 0.0796. The molecule has 1 aromatic carbocycles. The van der Waals surface area contributed by atoms with E-state index in [4.69, 9.17) is 27.9 Å². The maximum absolute atomic E-state index is 13.2. The van der Waals surface area contributed by atoms with Gasteiger partial charge in [0.15, 0.2) is 9.84 Å². The Balaban J connectivity index is 1.83. The zero-order chi connectivity index (χ0) is 22.1. The summed E-state index contributed by atoms with van der Waals surface area (Å²) in [5, 5.41) is 0.909. The van der Waals surface area contributed by atoms with E-state index in [9.17, 15) is 13.2 Å². The van der Waals surface area contributed by atoms with Gasteiger partial charge in [-0.3, -0.25) is 9.78 Å². The van der Waals surface area contributed by atoms with Crippen LogP contribution >= 0.6 is 23.2 Å². The van der Waals surface area contributed by atoms with E-state index in [1.807, 2.05) is 18.7 Å². The Hall–Kier alpha value is -2.03. The molecule has 1 aliphatic heterocycles. The molecule has 0 saturated carbocycles. The van der Waals surface area contributed by atoms with Gasteiger partial charge in [0.1, 0.15) is 5.75 Å². The third kappa shape index (κ3) is 4.99. The summed E-state index contributed by atoms with van der Waals surface area (Å²) in [6.45, 7) is 5.61. The number of carbonyl (C=O) groups is 1. The summed E-state index contributed by atoms with van der Waals surface area (Å²) in [6.07, 6.45) is 4.02. The summed E-state index contributed by atoms with van der Waals surface area (Å²) in [5.74, 6) is 0.0905. The van der Waals surface area contributed by atoms with Crippen molar-refractivity contribution in [3.05, 3.63) is 46.2 Å². The van der Waals surface area contributed by atoms with Gasteiger partial charge in [-0.25, -0.2) is 8.42 Å². The maximum Gasteiger partial charge on any atom is 0.257 e. The van der Waals surface area contributed by atoms with Gasteiger partial charge in [0.05, 0.1) is 32.3 Å². The van der Waals surface area contributed by atoms with E-state index in [0.29, 0.717) is 47.7 Å². The van der Waals surface area contributed by atoms with Crippen LogP contribution in [0.5, 0.6) is 5.75 Å². The highest BCUT2D eigenvalue weighted by Gasteiger charge is 2.27. The number of hydrogen-bond acceptors (Lipinski definition) is 6. The van der Waals surface area contributed by atoms with Crippen molar-refractivity contribution < 1.29 is 17.9 Å². The van der Waals surface area contributed by atoms with Crippen LogP contribution in [0.2, 0.25) is 10.0 Å². The average Bonchev–Trinajstić information content (AvgIpc) is 2.67. The topological polar surface area (TPSA) is 79.8 Å². The molecule has 0 aliphatic carbocycles. The number of anilines is 1. The van der Waals surface area contributed by atoms with Gasteiger partial charge in [0.25, 0.3) is 5.91 Å². The number of hydrogen-bond donors (Lipinski definition) is 0. The highest BCUT2D eigenvalue weighted by Crippen LogP contribution is 2.33. The number of amides is 1. The molecule has 0 radical (unpaired) electrons. The molecular weight excluding hydrogens is 449 g/mol. The molecule has 10 heteroatoms. The standard InChI is InChI=1S/C20H23Cl2N3O4S/c1-13(2)29-18-5-4-14(30(3,27)28)10-15(18)20(26)25-8-6-24(7-9-25)19-16(21)11-23-12-17(19)22/h4-5,10-13H,6-9H2,1-3H3. The fraction of sp³-hybridized carbons (Fsp3) is 0.400. The maximum atomic E-state index is 13.2. The number of aromatic nitrogens is 1. The normalized spacial score (nSPS) is 14.9. The van der Waals surface area contributed by atoms with Crippen molar-refractivity contribution in [2.24, 2.45) is 0 Å². The highest BCUT2D eigenvalue weighted by molar-refractivity contribution is 7.90. The predicted octanol–water partition coefficient (Wildman–Crippen LogP) is 3.54. The Morgan fingerprint density at radius 3 is 2.23 bits per heavy atom. The predicted molar refractivity (Wildman–Crippen MR) is 118 cm³/mol. The monoisotopic (exact) mass is 471 g/mol. The summed E-state index contributed by atoms with van der Waals surface area (Å²) < 4.78 is 29.7. The van der Waals surface area contributed by atoms with Crippen LogP contribution in [-0.4, -0.2) is 62.7 Å². The molecule has 0 unspecified atom stereocenters. The van der Waals surface area contributed by atoms with Crippen molar-refractivity contribution >= 4 is 44.6 Å². The Morgan fingerprint density at radius 1 is 1.10 bits per heavy atom. The fourth-order valence-corrected chi connectivity index (χ4v) is 4.52. The number of ether oxygens (including phenoxy) is 1. The number of pyridine rings is 1. The van der Waals surface area contributed by atoms with E-state index < -0.39 is 9.84 Å². The lowest BCUT2D eigenvalue weighted by atomic mass is 10.1. The summed E-state index contributed by atoms with van der Waals surface area (Å²) in [5.41, 5.74) is 0.934. The Morgan fingerprint density at radius 2 is 1.70 bits per heavy atom. The first-order valence-electron chi connectivity index (χ1n) is 9.42. The molecule has 2 aromatic rings. The second kappa shape index (κ2) is 8.99. The second-order valence-corrected chi connectivity index (χ2v) is 10.2. The quantitative estimate of drug-likeness (QED) is 0.663. The number of nitrogens with zero attached hydrogens (tertiary/aromatic N) is 3. The summed E-state index contributed by atoms with van der Waals surface area (Å²) >= 11 is 12.5. The van der Waals surface area contributed by atoms with Gasteiger partial charge < -0.3 is 14.5 Å². The van der Waals surface area contributed by atoms with E-state index >= 15 is 0 Å². The van der Waals surface area contributed by atoms with Gasteiger partial charge in [0, 0.05) is 44.8 Å². The zero-order valence-corrected chi connectivity index (χ0v) is 19.3. The van der Waals surface area contributed by atoms with Crippen LogP contribution in [0.25, 0.3) is 0 Å². The van der Waals surface area contributed by atoms with Crippen LogP contribution in [0.1, 0.15) is 24.2 Å². The minimum atomic E-state index is -3.46. The van der Waals surface area contributed by atoms with Crippen LogP contribution < -0.4 is 9.64 Å². The molecule has 162 valence electrons. The molecule has 1 aliphatic rings. The van der Waals surface area contributed by atoms with Crippen molar-refractivity contribution in [2.45, 2.75) is 24.8 Å². The van der Waals surface area contributed by atoms with E-state index in [1.54, 1.807) is 4.90 Å². The molecule has 0 atom stereocenters. The molecule has 1 amide bonds. The molecule has 1 aromatic heterocycles. The number of sulfone groups is 1. The Kier molecular flexibility index (Phi) is 6.79. The molecule has 7 nitrogen and oxygen atoms in total. The number of halogens is 2. The van der Waals surface area contributed by atoms with Crippen molar-refractivity contribution in [1.82, 2.24) is 9.88 Å². The van der Waals surface area contributed by atoms with E-state index in [0.717, 1.165) is 6.26 Å². The van der Waals surface area contributed by atoms with Crippen molar-refractivity contribution in [2.75, 3.05) is 37.3 Å². The van der Waals surface area contributed by atoms with Crippen LogP contribution in [-0.2, 0) is 9.84 Å². The first-order valence-corrected chi connectivity index (χ1v) is 12.1. The lowest BCUT2D eigenvalue weighted by Crippen LogP contribution is -2.49. The van der Waals surface area contributed by atoms with E-state index in [-0.39, 0.29) is 22.5 Å². The lowest BCUT2D eigenvalue weighted by molar-refractivity contribution is 0.0740. The number of carbonyl (C=O) groups excluding carboxylic acids is 1. The van der Waals surface area contributed by atoms with Crippen LogP contribution in [0, 0.1) is 0 Å². The summed E-state index contributed by atoms with van der Waals surface area (Å²) in [6, 6.07) is 4.38. The molecule has 1 saturated heterocycles. The number of piperazine rings is 1. The Labute approximate surface area is 186 Å². The van der Waals surface area contributed by atoms with Gasteiger partial charge in [-0.2, -0.15) is 0 Å². The minimum Gasteiger partial charge on any atom is -0.490 e. The highest BCUT2D eigenvalue weighted by atomic mass is 35.5. The molecular formula is C20H23Cl2N3O4S. The smallest absolute Gasteiger partial charge is 0.257 e. The van der Waals surface area contributed by atoms with E-state index in [1.165, 1.54) is 30.6 Å². The molecule has 30 heavy (non-hydrogen) atoms. The van der Waals surface area contributed by atoms with Crippen LogP contribution in [0.15, 0.2) is 35.5 Å². The summed E-state index contributed by atoms with van der Waals surface area (Å²) in [4.78, 5) is 21.0. The average molecular weight is 472 g/mol. The van der Waals surface area contributed by atoms with Crippen LogP contribution in [0.3, 0.4) is 0 Å². The van der Waals surface area contributed by atoms with Gasteiger partial charge >= 0.3 is 0 Å². The largest absolute Gasteiger partial charge is 0.490 e. The van der Waals surface area contributed by atoms with E-state index in [2.05, 4.69) is 4.98 Å². The SMILES string of the molecule is CC(C)Oc1ccc(S(C)(=O)=O)cc1C(=O)N1CCN(c2c(Cl)cncc2Cl)CC1. The lowest BCUT2D eigenvalue weighted by Gasteiger charge is -2.37. The van der Waals surface area contributed by atoms with Crippen LogP contribution in [0.4, 0.5) is 5.69 Å².